The molecule has 1 N–H and O–H groups in total. The Morgan fingerprint density at radius 2 is 1.68 bits per heavy atom. The molecular weight excluding hydrogens is 452 g/mol. The van der Waals surface area contributed by atoms with Gasteiger partial charge in [-0.2, -0.15) is 0 Å². The van der Waals surface area contributed by atoms with Crippen LogP contribution in [0.25, 0.3) is 0 Å². The van der Waals surface area contributed by atoms with E-state index in [9.17, 15) is 13.2 Å². The van der Waals surface area contributed by atoms with E-state index < -0.39 is 10.0 Å². The van der Waals surface area contributed by atoms with Gasteiger partial charge in [-0.3, -0.25) is 9.10 Å². The van der Waals surface area contributed by atoms with Crippen LogP contribution in [0.5, 0.6) is 11.5 Å². The predicted molar refractivity (Wildman–Crippen MR) is 131 cm³/mol. The number of carbonyl (C=O) groups is 1. The molecule has 0 saturated carbocycles. The van der Waals surface area contributed by atoms with Crippen LogP contribution >= 0.6 is 0 Å². The molecule has 0 bridgehead atoms. The SMILES string of the molecule is COc1ccc(N(CC(=O)NC2CCCc3ccccc32)S(=O)(=O)c2ccccc2)cc1OC. The average molecular weight is 481 g/mol. The van der Waals surface area contributed by atoms with Gasteiger partial charge in [-0.15, -0.1) is 0 Å². The Hall–Kier alpha value is -3.52. The number of aryl methyl sites for hydroxylation is 1. The van der Waals surface area contributed by atoms with Gasteiger partial charge in [0.05, 0.1) is 30.8 Å². The third kappa shape index (κ3) is 4.87. The van der Waals surface area contributed by atoms with Crippen molar-refractivity contribution in [1.82, 2.24) is 5.32 Å². The van der Waals surface area contributed by atoms with Crippen LogP contribution in [0.4, 0.5) is 5.69 Å². The molecule has 1 amide bonds. The van der Waals surface area contributed by atoms with Gasteiger partial charge in [0, 0.05) is 6.07 Å². The zero-order valence-corrected chi connectivity index (χ0v) is 20.0. The van der Waals surface area contributed by atoms with Gasteiger partial charge in [0.2, 0.25) is 5.91 Å². The summed E-state index contributed by atoms with van der Waals surface area (Å²) < 4.78 is 38.9. The normalized spacial score (nSPS) is 15.2. The van der Waals surface area contributed by atoms with E-state index in [1.165, 1.54) is 31.9 Å². The maximum absolute atomic E-state index is 13.6. The molecule has 1 aliphatic carbocycles. The number of ether oxygens (including phenoxy) is 2. The van der Waals surface area contributed by atoms with Crippen molar-refractivity contribution in [2.45, 2.75) is 30.2 Å². The highest BCUT2D eigenvalue weighted by Gasteiger charge is 2.29. The van der Waals surface area contributed by atoms with Gasteiger partial charge in [-0.25, -0.2) is 8.42 Å². The summed E-state index contributed by atoms with van der Waals surface area (Å²) in [4.78, 5) is 13.3. The number of anilines is 1. The predicted octanol–water partition coefficient (Wildman–Crippen LogP) is 4.09. The van der Waals surface area contributed by atoms with Crippen LogP contribution in [-0.4, -0.2) is 35.1 Å². The summed E-state index contributed by atoms with van der Waals surface area (Å²) in [5.74, 6) is 0.456. The van der Waals surface area contributed by atoms with E-state index >= 15 is 0 Å². The van der Waals surface area contributed by atoms with Gasteiger partial charge < -0.3 is 14.8 Å². The van der Waals surface area contributed by atoms with E-state index in [-0.39, 0.29) is 23.4 Å². The molecule has 0 spiro atoms. The lowest BCUT2D eigenvalue weighted by molar-refractivity contribution is -0.120. The minimum Gasteiger partial charge on any atom is -0.493 e. The molecule has 0 fully saturated rings. The molecule has 4 rings (SSSR count). The van der Waals surface area contributed by atoms with Crippen molar-refractivity contribution in [3.05, 3.63) is 83.9 Å². The summed E-state index contributed by atoms with van der Waals surface area (Å²) in [6.45, 7) is -0.370. The molecule has 0 saturated heterocycles. The molecule has 34 heavy (non-hydrogen) atoms. The van der Waals surface area contributed by atoms with Gasteiger partial charge >= 0.3 is 0 Å². The average Bonchev–Trinajstić information content (AvgIpc) is 2.87. The Labute approximate surface area is 200 Å². The number of sulfonamides is 1. The van der Waals surface area contributed by atoms with E-state index in [1.54, 1.807) is 36.4 Å². The second kappa shape index (κ2) is 10.2. The molecule has 3 aromatic carbocycles. The minimum atomic E-state index is -4.02. The second-order valence-corrected chi connectivity index (χ2v) is 9.94. The summed E-state index contributed by atoms with van der Waals surface area (Å²) in [6.07, 6.45) is 2.75. The first-order valence-corrected chi connectivity index (χ1v) is 12.5. The van der Waals surface area contributed by atoms with E-state index in [0.717, 1.165) is 29.1 Å². The van der Waals surface area contributed by atoms with Gasteiger partial charge in [0.1, 0.15) is 6.54 Å². The lowest BCUT2D eigenvalue weighted by Crippen LogP contribution is -2.42. The van der Waals surface area contributed by atoms with Crippen molar-refractivity contribution in [1.29, 1.82) is 0 Å². The fourth-order valence-corrected chi connectivity index (χ4v) is 5.72. The van der Waals surface area contributed by atoms with E-state index in [1.807, 2.05) is 18.2 Å². The van der Waals surface area contributed by atoms with Crippen LogP contribution in [0.15, 0.2) is 77.7 Å². The highest BCUT2D eigenvalue weighted by molar-refractivity contribution is 7.92. The molecule has 7 nitrogen and oxygen atoms in total. The Morgan fingerprint density at radius 1 is 0.971 bits per heavy atom. The standard InChI is InChI=1S/C26H28N2O5S/c1-32-24-16-15-20(17-25(24)33-2)28(34(30,31)21-11-4-3-5-12-21)18-26(29)27-23-14-8-10-19-9-6-7-13-22(19)23/h3-7,9,11-13,15-17,23H,8,10,14,18H2,1-2H3,(H,27,29). The lowest BCUT2D eigenvalue weighted by atomic mass is 9.88. The minimum absolute atomic E-state index is 0.0978. The maximum atomic E-state index is 13.6. The maximum Gasteiger partial charge on any atom is 0.264 e. The first-order valence-electron chi connectivity index (χ1n) is 11.1. The number of hydrogen-bond acceptors (Lipinski definition) is 5. The molecule has 1 unspecified atom stereocenters. The Kier molecular flexibility index (Phi) is 7.07. The molecule has 0 radical (unpaired) electrons. The number of benzene rings is 3. The smallest absolute Gasteiger partial charge is 0.264 e. The number of rotatable bonds is 8. The van der Waals surface area contributed by atoms with Crippen molar-refractivity contribution >= 4 is 21.6 Å². The third-order valence-electron chi connectivity index (χ3n) is 5.98. The largest absolute Gasteiger partial charge is 0.493 e. The number of amides is 1. The quantitative estimate of drug-likeness (QED) is 0.525. The monoisotopic (exact) mass is 480 g/mol. The molecule has 3 aromatic rings. The number of nitrogens with zero attached hydrogens (tertiary/aromatic N) is 1. The Bertz CT molecular complexity index is 1260. The summed E-state index contributed by atoms with van der Waals surface area (Å²) in [5, 5.41) is 3.05. The summed E-state index contributed by atoms with van der Waals surface area (Å²) in [7, 11) is -1.04. The zero-order valence-electron chi connectivity index (χ0n) is 19.2. The first kappa shape index (κ1) is 23.6. The molecule has 0 aliphatic heterocycles. The molecular formula is C26H28N2O5S. The van der Waals surface area contributed by atoms with Gasteiger partial charge in [0.15, 0.2) is 11.5 Å². The van der Waals surface area contributed by atoms with E-state index in [2.05, 4.69) is 11.4 Å². The van der Waals surface area contributed by atoms with Crippen LogP contribution in [0.2, 0.25) is 0 Å². The lowest BCUT2D eigenvalue weighted by Gasteiger charge is -2.29. The third-order valence-corrected chi connectivity index (χ3v) is 7.77. The van der Waals surface area contributed by atoms with Gasteiger partial charge in [-0.05, 0) is 54.7 Å². The highest BCUT2D eigenvalue weighted by atomic mass is 32.2. The number of hydrogen-bond donors (Lipinski definition) is 1. The second-order valence-electron chi connectivity index (χ2n) is 8.08. The van der Waals surface area contributed by atoms with Crippen LogP contribution < -0.4 is 19.1 Å². The van der Waals surface area contributed by atoms with Gasteiger partial charge in [0.25, 0.3) is 10.0 Å². The summed E-state index contributed by atoms with van der Waals surface area (Å²) in [5.41, 5.74) is 2.61. The molecule has 8 heteroatoms. The number of methoxy groups -OCH3 is 2. The van der Waals surface area contributed by atoms with E-state index in [0.29, 0.717) is 17.2 Å². The molecule has 178 valence electrons. The van der Waals surface area contributed by atoms with Gasteiger partial charge in [-0.1, -0.05) is 42.5 Å². The zero-order chi connectivity index (χ0) is 24.1. The number of nitrogens with one attached hydrogen (secondary N) is 1. The van der Waals surface area contributed by atoms with Crippen molar-refractivity contribution in [2.75, 3.05) is 25.1 Å². The molecule has 1 aliphatic rings. The van der Waals surface area contributed by atoms with E-state index in [4.69, 9.17) is 9.47 Å². The number of fused-ring (bicyclic) bond motifs is 1. The number of carbonyl (C=O) groups excluding carboxylic acids is 1. The summed E-state index contributed by atoms with van der Waals surface area (Å²) in [6, 6.07) is 20.7. The topological polar surface area (TPSA) is 84.9 Å². The van der Waals surface area contributed by atoms with Crippen LogP contribution in [0, 0.1) is 0 Å². The summed E-state index contributed by atoms with van der Waals surface area (Å²) >= 11 is 0. The fourth-order valence-electron chi connectivity index (χ4n) is 4.29. The van der Waals surface area contributed by atoms with Crippen molar-refractivity contribution < 1.29 is 22.7 Å². The molecule has 1 atom stereocenters. The highest BCUT2D eigenvalue weighted by Crippen LogP contribution is 2.34. The molecule has 0 aromatic heterocycles. The first-order chi connectivity index (χ1) is 16.4. The van der Waals surface area contributed by atoms with Crippen molar-refractivity contribution in [3.63, 3.8) is 0 Å². The van der Waals surface area contributed by atoms with Crippen molar-refractivity contribution in [2.24, 2.45) is 0 Å². The fraction of sp³-hybridized carbons (Fsp3) is 0.269. The van der Waals surface area contributed by atoms with Crippen LogP contribution in [0.1, 0.15) is 30.0 Å². The Balaban J connectivity index is 1.66. The van der Waals surface area contributed by atoms with Crippen LogP contribution in [0.3, 0.4) is 0 Å². The van der Waals surface area contributed by atoms with Crippen molar-refractivity contribution in [3.8, 4) is 11.5 Å². The molecule has 0 heterocycles. The Morgan fingerprint density at radius 3 is 2.41 bits per heavy atom. The van der Waals surface area contributed by atoms with Crippen LogP contribution in [-0.2, 0) is 21.2 Å².